The predicted molar refractivity (Wildman–Crippen MR) is 67.2 cm³/mol. The van der Waals surface area contributed by atoms with E-state index in [1.165, 1.54) is 6.42 Å². The third-order valence-electron chi connectivity index (χ3n) is 2.88. The molecule has 0 bridgehead atoms. The fourth-order valence-corrected chi connectivity index (χ4v) is 2.36. The molecule has 0 aromatic carbocycles. The van der Waals surface area contributed by atoms with Crippen LogP contribution in [0.3, 0.4) is 0 Å². The summed E-state index contributed by atoms with van der Waals surface area (Å²) in [5.41, 5.74) is 1.07. The number of aromatic nitrogens is 1. The minimum absolute atomic E-state index is 0.0199. The lowest BCUT2D eigenvalue weighted by Crippen LogP contribution is -2.36. The Kier molecular flexibility index (Phi) is 3.95. The van der Waals surface area contributed by atoms with Crippen molar-refractivity contribution in [1.29, 1.82) is 0 Å². The van der Waals surface area contributed by atoms with Crippen LogP contribution < -0.4 is 5.32 Å². The van der Waals surface area contributed by atoms with E-state index in [0.717, 1.165) is 36.4 Å². The zero-order valence-electron chi connectivity index (χ0n) is 9.50. The van der Waals surface area contributed by atoms with Gasteiger partial charge >= 0.3 is 0 Å². The van der Waals surface area contributed by atoms with E-state index in [4.69, 9.17) is 4.74 Å². The molecule has 3 nitrogen and oxygen atoms in total. The zero-order valence-corrected chi connectivity index (χ0v) is 11.1. The van der Waals surface area contributed by atoms with E-state index in [-0.39, 0.29) is 5.60 Å². The number of pyridine rings is 1. The molecule has 1 fully saturated rings. The summed E-state index contributed by atoms with van der Waals surface area (Å²) in [5.74, 6) is 0. The van der Waals surface area contributed by atoms with Gasteiger partial charge in [0.15, 0.2) is 0 Å². The largest absolute Gasteiger partial charge is 0.374 e. The van der Waals surface area contributed by atoms with Crippen LogP contribution >= 0.6 is 15.9 Å². The Balaban J connectivity index is 1.79. The number of nitrogens with zero attached hydrogens (tertiary/aromatic N) is 1. The maximum Gasteiger partial charge on any atom is 0.106 e. The summed E-state index contributed by atoms with van der Waals surface area (Å²) < 4.78 is 6.59. The Morgan fingerprint density at radius 3 is 3.12 bits per heavy atom. The van der Waals surface area contributed by atoms with E-state index < -0.39 is 0 Å². The van der Waals surface area contributed by atoms with Crippen molar-refractivity contribution in [2.75, 3.05) is 13.2 Å². The molecule has 88 valence electrons. The number of hydrogen-bond donors (Lipinski definition) is 1. The molecule has 0 aliphatic carbocycles. The van der Waals surface area contributed by atoms with E-state index in [9.17, 15) is 0 Å². The molecule has 1 saturated heterocycles. The van der Waals surface area contributed by atoms with Crippen LogP contribution in [-0.2, 0) is 11.3 Å². The minimum Gasteiger partial charge on any atom is -0.374 e. The van der Waals surface area contributed by atoms with Gasteiger partial charge in [-0.3, -0.25) is 0 Å². The van der Waals surface area contributed by atoms with Crippen molar-refractivity contribution in [3.63, 3.8) is 0 Å². The maximum atomic E-state index is 5.71. The van der Waals surface area contributed by atoms with E-state index in [1.54, 1.807) is 0 Å². The minimum atomic E-state index is 0.0199. The predicted octanol–water partition coefficient (Wildman–Crippen LogP) is 2.50. The molecule has 1 aliphatic heterocycles. The first-order valence-electron chi connectivity index (χ1n) is 5.64. The summed E-state index contributed by atoms with van der Waals surface area (Å²) in [5, 5.41) is 3.40. The summed E-state index contributed by atoms with van der Waals surface area (Å²) in [4.78, 5) is 4.37. The monoisotopic (exact) mass is 284 g/mol. The summed E-state index contributed by atoms with van der Waals surface area (Å²) in [6, 6.07) is 5.96. The topological polar surface area (TPSA) is 34.2 Å². The van der Waals surface area contributed by atoms with Gasteiger partial charge in [0.1, 0.15) is 4.60 Å². The maximum absolute atomic E-state index is 5.71. The number of rotatable bonds is 4. The Morgan fingerprint density at radius 1 is 1.56 bits per heavy atom. The fraction of sp³-hybridized carbons (Fsp3) is 0.583. The van der Waals surface area contributed by atoms with E-state index in [0.29, 0.717) is 0 Å². The van der Waals surface area contributed by atoms with E-state index in [2.05, 4.69) is 33.2 Å². The van der Waals surface area contributed by atoms with Crippen molar-refractivity contribution >= 4 is 15.9 Å². The molecular weight excluding hydrogens is 268 g/mol. The Bertz CT molecular complexity index is 351. The average Bonchev–Trinajstić information content (AvgIpc) is 2.65. The highest BCUT2D eigenvalue weighted by Gasteiger charge is 2.28. The number of ether oxygens (including phenoxy) is 1. The third kappa shape index (κ3) is 3.27. The zero-order chi connectivity index (χ0) is 11.4. The van der Waals surface area contributed by atoms with Gasteiger partial charge in [-0.2, -0.15) is 0 Å². The second kappa shape index (κ2) is 5.25. The van der Waals surface area contributed by atoms with Crippen molar-refractivity contribution in [2.24, 2.45) is 0 Å². The Labute approximate surface area is 105 Å². The van der Waals surface area contributed by atoms with Crippen LogP contribution in [0.5, 0.6) is 0 Å². The first-order valence-corrected chi connectivity index (χ1v) is 6.43. The van der Waals surface area contributed by atoms with E-state index >= 15 is 0 Å². The van der Waals surface area contributed by atoms with Crippen LogP contribution in [0.25, 0.3) is 0 Å². The van der Waals surface area contributed by atoms with Crippen LogP contribution in [0, 0.1) is 0 Å². The van der Waals surface area contributed by atoms with Gasteiger partial charge in [-0.05, 0) is 47.8 Å². The second-order valence-corrected chi connectivity index (χ2v) is 5.27. The standard InChI is InChI=1S/C12H17BrN2O/c1-12(6-3-7-16-12)9-14-8-10-4-2-5-11(13)15-10/h2,4-5,14H,3,6-9H2,1H3. The SMILES string of the molecule is CC1(CNCc2cccc(Br)n2)CCCO1. The molecular formula is C12H17BrN2O. The van der Waals surface area contributed by atoms with Crippen LogP contribution in [0.4, 0.5) is 0 Å². The van der Waals surface area contributed by atoms with Crippen LogP contribution in [-0.4, -0.2) is 23.7 Å². The normalized spacial score (nSPS) is 24.9. The number of nitrogens with one attached hydrogen (secondary N) is 1. The molecule has 2 heterocycles. The summed E-state index contributed by atoms with van der Waals surface area (Å²) in [6.07, 6.45) is 2.32. The fourth-order valence-electron chi connectivity index (χ4n) is 1.98. The summed E-state index contributed by atoms with van der Waals surface area (Å²) in [6.45, 7) is 4.74. The van der Waals surface area contributed by atoms with Crippen molar-refractivity contribution in [3.05, 3.63) is 28.5 Å². The quantitative estimate of drug-likeness (QED) is 0.863. The van der Waals surface area contributed by atoms with Gasteiger partial charge in [-0.1, -0.05) is 6.07 Å². The van der Waals surface area contributed by atoms with Crippen LogP contribution in [0.15, 0.2) is 22.8 Å². The Hall–Kier alpha value is -0.450. The summed E-state index contributed by atoms with van der Waals surface area (Å²) >= 11 is 3.37. The highest BCUT2D eigenvalue weighted by molar-refractivity contribution is 9.10. The molecule has 16 heavy (non-hydrogen) atoms. The Morgan fingerprint density at radius 2 is 2.44 bits per heavy atom. The molecule has 0 radical (unpaired) electrons. The van der Waals surface area contributed by atoms with Crippen molar-refractivity contribution in [1.82, 2.24) is 10.3 Å². The lowest BCUT2D eigenvalue weighted by atomic mass is 10.0. The van der Waals surface area contributed by atoms with Crippen LogP contribution in [0.1, 0.15) is 25.5 Å². The molecule has 0 amide bonds. The van der Waals surface area contributed by atoms with Gasteiger partial charge in [0.25, 0.3) is 0 Å². The molecule has 1 aromatic heterocycles. The lowest BCUT2D eigenvalue weighted by Gasteiger charge is -2.23. The lowest BCUT2D eigenvalue weighted by molar-refractivity contribution is 0.0206. The van der Waals surface area contributed by atoms with Crippen LogP contribution in [0.2, 0.25) is 0 Å². The van der Waals surface area contributed by atoms with Gasteiger partial charge in [0.2, 0.25) is 0 Å². The molecule has 1 aromatic rings. The van der Waals surface area contributed by atoms with Gasteiger partial charge in [-0.25, -0.2) is 4.98 Å². The third-order valence-corrected chi connectivity index (χ3v) is 3.32. The highest BCUT2D eigenvalue weighted by Crippen LogP contribution is 2.23. The van der Waals surface area contributed by atoms with Gasteiger partial charge in [-0.15, -0.1) is 0 Å². The summed E-state index contributed by atoms with van der Waals surface area (Å²) in [7, 11) is 0. The smallest absolute Gasteiger partial charge is 0.106 e. The van der Waals surface area contributed by atoms with Gasteiger partial charge in [0.05, 0.1) is 11.3 Å². The second-order valence-electron chi connectivity index (χ2n) is 4.46. The van der Waals surface area contributed by atoms with Gasteiger partial charge < -0.3 is 10.1 Å². The molecule has 1 unspecified atom stereocenters. The highest BCUT2D eigenvalue weighted by atomic mass is 79.9. The van der Waals surface area contributed by atoms with Crippen molar-refractivity contribution in [2.45, 2.75) is 31.9 Å². The molecule has 1 N–H and O–H groups in total. The molecule has 1 atom stereocenters. The van der Waals surface area contributed by atoms with Crippen molar-refractivity contribution in [3.8, 4) is 0 Å². The molecule has 0 saturated carbocycles. The number of hydrogen-bond acceptors (Lipinski definition) is 3. The van der Waals surface area contributed by atoms with Gasteiger partial charge in [0, 0.05) is 19.7 Å². The first-order chi connectivity index (χ1) is 7.68. The average molecular weight is 285 g/mol. The molecule has 1 aliphatic rings. The first kappa shape index (κ1) is 12.0. The van der Waals surface area contributed by atoms with E-state index in [1.807, 2.05) is 18.2 Å². The number of halogens is 1. The molecule has 2 rings (SSSR count). The van der Waals surface area contributed by atoms with Crippen molar-refractivity contribution < 1.29 is 4.74 Å². The molecule has 4 heteroatoms. The molecule has 0 spiro atoms.